The number of nitrogens with two attached hydrogens (primary N) is 1. The van der Waals surface area contributed by atoms with Crippen LogP contribution in [-0.4, -0.2) is 23.0 Å². The Hall–Kier alpha value is -1.26. The van der Waals surface area contributed by atoms with Crippen LogP contribution in [-0.2, 0) is 4.79 Å². The summed E-state index contributed by atoms with van der Waals surface area (Å²) in [4.78, 5) is 12.3. The molecule has 3 rings (SSSR count). The van der Waals surface area contributed by atoms with Crippen LogP contribution in [0.2, 0.25) is 0 Å². The first kappa shape index (κ1) is 12.8. The molecule has 0 aliphatic heterocycles. The van der Waals surface area contributed by atoms with Gasteiger partial charge in [-0.25, -0.2) is 0 Å². The molecule has 3 aliphatic carbocycles. The summed E-state index contributed by atoms with van der Waals surface area (Å²) in [6.45, 7) is 2.10. The molecule has 4 atom stereocenters. The van der Waals surface area contributed by atoms with E-state index in [2.05, 4.69) is 17.4 Å². The summed E-state index contributed by atoms with van der Waals surface area (Å²) >= 11 is 0. The second-order valence-corrected chi connectivity index (χ2v) is 6.67. The summed E-state index contributed by atoms with van der Waals surface area (Å²) in [6.07, 6.45) is 6.67. The minimum absolute atomic E-state index is 0.0573. The van der Waals surface area contributed by atoms with E-state index in [9.17, 15) is 4.79 Å². The second-order valence-electron chi connectivity index (χ2n) is 6.67. The van der Waals surface area contributed by atoms with Crippen LogP contribution < -0.4 is 11.1 Å². The second kappa shape index (κ2) is 4.39. The van der Waals surface area contributed by atoms with E-state index in [4.69, 9.17) is 10.9 Å². The number of amidine groups is 1. The number of carbonyl (C=O) groups is 1. The van der Waals surface area contributed by atoms with E-state index < -0.39 is 5.41 Å². The van der Waals surface area contributed by atoms with Crippen LogP contribution >= 0.6 is 0 Å². The normalized spacial score (nSPS) is 37.1. The van der Waals surface area contributed by atoms with Crippen molar-refractivity contribution >= 4 is 11.7 Å². The molecule has 0 radical (unpaired) electrons. The molecule has 19 heavy (non-hydrogen) atoms. The topological polar surface area (TPSA) is 87.7 Å². The van der Waals surface area contributed by atoms with Gasteiger partial charge in [-0.2, -0.15) is 0 Å². The Morgan fingerprint density at radius 1 is 1.42 bits per heavy atom. The van der Waals surface area contributed by atoms with Crippen molar-refractivity contribution in [2.75, 3.05) is 0 Å². The average molecular weight is 265 g/mol. The quantitative estimate of drug-likeness (QED) is 0.311. The molecule has 3 fully saturated rings. The molecule has 3 saturated carbocycles. The predicted octanol–water partition coefficient (Wildman–Crippen LogP) is 1.45. The third-order valence-corrected chi connectivity index (χ3v) is 5.58. The number of rotatable bonds is 4. The van der Waals surface area contributed by atoms with E-state index in [1.54, 1.807) is 0 Å². The maximum atomic E-state index is 12.3. The summed E-state index contributed by atoms with van der Waals surface area (Å²) in [7, 11) is 0. The van der Waals surface area contributed by atoms with Crippen molar-refractivity contribution in [3.8, 4) is 0 Å². The van der Waals surface area contributed by atoms with Gasteiger partial charge in [0.25, 0.3) is 0 Å². The Bertz CT molecular complexity index is 417. The molecule has 106 valence electrons. The number of nitrogens with one attached hydrogen (secondary N) is 1. The maximum Gasteiger partial charge on any atom is 0.234 e. The van der Waals surface area contributed by atoms with E-state index in [1.165, 1.54) is 25.7 Å². The molecule has 4 unspecified atom stereocenters. The van der Waals surface area contributed by atoms with Gasteiger partial charge in [-0.15, -0.1) is 0 Å². The molecule has 0 heterocycles. The lowest BCUT2D eigenvalue weighted by Crippen LogP contribution is -2.47. The molecule has 0 aromatic rings. The van der Waals surface area contributed by atoms with Crippen LogP contribution in [0.3, 0.4) is 0 Å². The van der Waals surface area contributed by atoms with Crippen molar-refractivity contribution in [1.29, 1.82) is 0 Å². The molecule has 0 aromatic heterocycles. The van der Waals surface area contributed by atoms with Crippen LogP contribution in [0.15, 0.2) is 5.16 Å². The fourth-order valence-corrected chi connectivity index (χ4v) is 4.18. The van der Waals surface area contributed by atoms with Gasteiger partial charge in [-0.05, 0) is 56.8 Å². The SMILES string of the molecule is CC(NC(=O)C1(C(N)=NO)CC1)C1CC2CCC1C2. The van der Waals surface area contributed by atoms with Crippen molar-refractivity contribution in [2.45, 2.75) is 51.5 Å². The third-order valence-electron chi connectivity index (χ3n) is 5.58. The first-order chi connectivity index (χ1) is 9.06. The molecular weight excluding hydrogens is 242 g/mol. The zero-order valence-corrected chi connectivity index (χ0v) is 11.4. The van der Waals surface area contributed by atoms with Gasteiger partial charge in [0.2, 0.25) is 5.91 Å². The highest BCUT2D eigenvalue weighted by Gasteiger charge is 2.55. The van der Waals surface area contributed by atoms with Crippen molar-refractivity contribution in [3.05, 3.63) is 0 Å². The molecule has 0 spiro atoms. The molecule has 4 N–H and O–H groups in total. The Morgan fingerprint density at radius 3 is 2.63 bits per heavy atom. The fourth-order valence-electron chi connectivity index (χ4n) is 4.18. The van der Waals surface area contributed by atoms with Crippen LogP contribution in [0.4, 0.5) is 0 Å². The smallest absolute Gasteiger partial charge is 0.234 e. The van der Waals surface area contributed by atoms with Crippen LogP contribution in [0.5, 0.6) is 0 Å². The summed E-state index contributed by atoms with van der Waals surface area (Å²) in [5, 5.41) is 14.9. The average Bonchev–Trinajstić information content (AvgIpc) is 2.96. The van der Waals surface area contributed by atoms with Crippen molar-refractivity contribution in [2.24, 2.45) is 34.1 Å². The zero-order chi connectivity index (χ0) is 13.6. The van der Waals surface area contributed by atoms with Crippen molar-refractivity contribution < 1.29 is 10.0 Å². The number of carbonyl (C=O) groups excluding carboxylic acids is 1. The summed E-state index contributed by atoms with van der Waals surface area (Å²) < 4.78 is 0. The Labute approximate surface area is 113 Å². The summed E-state index contributed by atoms with van der Waals surface area (Å²) in [5.41, 5.74) is 4.92. The standard InChI is InChI=1S/C14H23N3O2/c1-8(11-7-9-2-3-10(11)6-9)16-13(18)14(4-5-14)12(15)17-19/h8-11,19H,2-7H2,1H3,(H2,15,17)(H,16,18). The van der Waals surface area contributed by atoms with Gasteiger partial charge < -0.3 is 16.3 Å². The Balaban J connectivity index is 1.61. The number of oxime groups is 1. The molecule has 0 saturated heterocycles. The maximum absolute atomic E-state index is 12.3. The summed E-state index contributed by atoms with van der Waals surface area (Å²) in [6, 6.07) is 0.201. The lowest BCUT2D eigenvalue weighted by atomic mass is 9.83. The van der Waals surface area contributed by atoms with E-state index in [0.29, 0.717) is 18.8 Å². The largest absolute Gasteiger partial charge is 0.409 e. The molecule has 2 bridgehead atoms. The molecule has 5 heteroatoms. The highest BCUT2D eigenvalue weighted by atomic mass is 16.4. The number of fused-ring (bicyclic) bond motifs is 2. The molecule has 3 aliphatic rings. The lowest BCUT2D eigenvalue weighted by molar-refractivity contribution is -0.125. The van der Waals surface area contributed by atoms with Gasteiger partial charge in [0.15, 0.2) is 5.84 Å². The molecular formula is C14H23N3O2. The Kier molecular flexibility index (Phi) is 2.95. The number of hydrogen-bond acceptors (Lipinski definition) is 3. The zero-order valence-electron chi connectivity index (χ0n) is 11.4. The number of amides is 1. The molecule has 1 amide bonds. The van der Waals surface area contributed by atoms with Gasteiger partial charge in [-0.1, -0.05) is 11.6 Å². The van der Waals surface area contributed by atoms with Gasteiger partial charge in [-0.3, -0.25) is 4.79 Å². The minimum Gasteiger partial charge on any atom is -0.409 e. The van der Waals surface area contributed by atoms with E-state index in [1.807, 2.05) is 0 Å². The lowest BCUT2D eigenvalue weighted by Gasteiger charge is -2.29. The van der Waals surface area contributed by atoms with E-state index in [0.717, 1.165) is 11.8 Å². The van der Waals surface area contributed by atoms with Gasteiger partial charge >= 0.3 is 0 Å². The van der Waals surface area contributed by atoms with E-state index >= 15 is 0 Å². The van der Waals surface area contributed by atoms with Crippen LogP contribution in [0.1, 0.15) is 45.4 Å². The first-order valence-corrected chi connectivity index (χ1v) is 7.36. The number of hydrogen-bond donors (Lipinski definition) is 3. The highest BCUT2D eigenvalue weighted by Crippen LogP contribution is 2.50. The van der Waals surface area contributed by atoms with Gasteiger partial charge in [0, 0.05) is 6.04 Å². The van der Waals surface area contributed by atoms with Crippen LogP contribution in [0, 0.1) is 23.2 Å². The van der Waals surface area contributed by atoms with Crippen molar-refractivity contribution in [1.82, 2.24) is 5.32 Å². The number of nitrogens with zero attached hydrogens (tertiary/aromatic N) is 1. The highest BCUT2D eigenvalue weighted by molar-refractivity contribution is 6.09. The molecule has 0 aromatic carbocycles. The fraction of sp³-hybridized carbons (Fsp3) is 0.857. The third kappa shape index (κ3) is 1.99. The molecule has 5 nitrogen and oxygen atoms in total. The predicted molar refractivity (Wildman–Crippen MR) is 71.6 cm³/mol. The van der Waals surface area contributed by atoms with Gasteiger partial charge in [0.05, 0.1) is 0 Å². The monoisotopic (exact) mass is 265 g/mol. The van der Waals surface area contributed by atoms with Gasteiger partial charge in [0.1, 0.15) is 5.41 Å². The van der Waals surface area contributed by atoms with Crippen LogP contribution in [0.25, 0.3) is 0 Å². The summed E-state index contributed by atoms with van der Waals surface area (Å²) in [5.74, 6) is 2.29. The minimum atomic E-state index is -0.722. The van der Waals surface area contributed by atoms with Crippen molar-refractivity contribution in [3.63, 3.8) is 0 Å². The van der Waals surface area contributed by atoms with E-state index in [-0.39, 0.29) is 17.8 Å². The first-order valence-electron chi connectivity index (χ1n) is 7.36. The Morgan fingerprint density at radius 2 is 2.16 bits per heavy atom.